The number of carbonyl (C=O) groups is 1. The van der Waals surface area contributed by atoms with Gasteiger partial charge in [0, 0.05) is 29.9 Å². The molecule has 0 spiro atoms. The van der Waals surface area contributed by atoms with E-state index in [1.807, 2.05) is 29.9 Å². The molecule has 134 valence electrons. The predicted molar refractivity (Wildman–Crippen MR) is 101 cm³/mol. The maximum Gasteiger partial charge on any atom is 0.261 e. The standard InChI is InChI=1S/C18H17N3O3S2/c1-13(22)14-7-9-15(10-8-14)26(23,24)20-16-5-3-4-6-17(16)25-18-19-11-12-21(18)2/h3-12,20H,1-2H3. The number of hydrogen-bond acceptors (Lipinski definition) is 5. The summed E-state index contributed by atoms with van der Waals surface area (Å²) in [6.07, 6.45) is 3.51. The van der Waals surface area contributed by atoms with Crippen LogP contribution >= 0.6 is 11.8 Å². The number of benzene rings is 2. The summed E-state index contributed by atoms with van der Waals surface area (Å²) in [5, 5.41) is 0.752. The molecule has 6 nitrogen and oxygen atoms in total. The molecule has 2 aromatic carbocycles. The van der Waals surface area contributed by atoms with Gasteiger partial charge in [0.25, 0.3) is 10.0 Å². The molecular weight excluding hydrogens is 370 g/mol. The first-order chi connectivity index (χ1) is 12.4. The van der Waals surface area contributed by atoms with Crippen molar-refractivity contribution in [3.8, 4) is 0 Å². The van der Waals surface area contributed by atoms with Crippen LogP contribution in [0.25, 0.3) is 0 Å². The van der Waals surface area contributed by atoms with Crippen LogP contribution < -0.4 is 4.72 Å². The highest BCUT2D eigenvalue weighted by atomic mass is 32.2. The van der Waals surface area contributed by atoms with Gasteiger partial charge in [-0.2, -0.15) is 0 Å². The third kappa shape index (κ3) is 3.97. The van der Waals surface area contributed by atoms with Crippen LogP contribution in [0, 0.1) is 0 Å². The Balaban J connectivity index is 1.88. The molecule has 3 aromatic rings. The van der Waals surface area contributed by atoms with Crippen molar-refractivity contribution in [1.29, 1.82) is 0 Å². The van der Waals surface area contributed by atoms with Crippen LogP contribution in [-0.4, -0.2) is 23.8 Å². The van der Waals surface area contributed by atoms with Crippen molar-refractivity contribution in [1.82, 2.24) is 9.55 Å². The van der Waals surface area contributed by atoms with E-state index in [2.05, 4.69) is 9.71 Å². The van der Waals surface area contributed by atoms with Crippen molar-refractivity contribution >= 4 is 33.3 Å². The molecule has 0 fully saturated rings. The minimum absolute atomic E-state index is 0.0966. The average Bonchev–Trinajstić information content (AvgIpc) is 3.01. The number of anilines is 1. The summed E-state index contributed by atoms with van der Waals surface area (Å²) in [6, 6.07) is 13.0. The number of carbonyl (C=O) groups excluding carboxylic acids is 1. The highest BCUT2D eigenvalue weighted by molar-refractivity contribution is 7.99. The summed E-state index contributed by atoms with van der Waals surface area (Å²) in [4.78, 5) is 16.4. The van der Waals surface area contributed by atoms with E-state index >= 15 is 0 Å². The predicted octanol–water partition coefficient (Wildman–Crippen LogP) is 3.57. The van der Waals surface area contributed by atoms with E-state index in [4.69, 9.17) is 0 Å². The number of nitrogens with one attached hydrogen (secondary N) is 1. The molecule has 0 bridgehead atoms. The zero-order valence-corrected chi connectivity index (χ0v) is 15.8. The molecule has 0 aliphatic heterocycles. The minimum Gasteiger partial charge on any atom is -0.329 e. The first-order valence-electron chi connectivity index (χ1n) is 7.75. The van der Waals surface area contributed by atoms with Gasteiger partial charge >= 0.3 is 0 Å². The van der Waals surface area contributed by atoms with Crippen molar-refractivity contribution in [3.05, 3.63) is 66.5 Å². The number of aryl methyl sites for hydroxylation is 1. The van der Waals surface area contributed by atoms with Gasteiger partial charge in [0.15, 0.2) is 10.9 Å². The molecule has 0 atom stereocenters. The SMILES string of the molecule is CC(=O)c1ccc(S(=O)(=O)Nc2ccccc2Sc2nccn2C)cc1. The Labute approximate surface area is 156 Å². The van der Waals surface area contributed by atoms with Gasteiger partial charge in [-0.25, -0.2) is 13.4 Å². The van der Waals surface area contributed by atoms with E-state index in [1.165, 1.54) is 43.0 Å². The van der Waals surface area contributed by atoms with Gasteiger partial charge in [-0.1, -0.05) is 24.3 Å². The van der Waals surface area contributed by atoms with Gasteiger partial charge < -0.3 is 4.57 Å². The van der Waals surface area contributed by atoms with Crippen molar-refractivity contribution in [3.63, 3.8) is 0 Å². The van der Waals surface area contributed by atoms with Crippen LogP contribution in [0.2, 0.25) is 0 Å². The largest absolute Gasteiger partial charge is 0.329 e. The Morgan fingerprint density at radius 2 is 1.81 bits per heavy atom. The molecule has 0 saturated carbocycles. The number of sulfonamides is 1. The molecule has 0 saturated heterocycles. The number of imidazole rings is 1. The highest BCUT2D eigenvalue weighted by Crippen LogP contribution is 2.33. The third-order valence-electron chi connectivity index (χ3n) is 3.68. The number of rotatable bonds is 6. The van der Waals surface area contributed by atoms with Crippen molar-refractivity contribution in [2.75, 3.05) is 4.72 Å². The Morgan fingerprint density at radius 3 is 2.42 bits per heavy atom. The van der Waals surface area contributed by atoms with Crippen molar-refractivity contribution in [2.24, 2.45) is 7.05 Å². The van der Waals surface area contributed by atoms with Crippen LogP contribution in [0.5, 0.6) is 0 Å². The van der Waals surface area contributed by atoms with E-state index in [1.54, 1.807) is 18.3 Å². The Bertz CT molecular complexity index is 1040. The molecule has 1 N–H and O–H groups in total. The topological polar surface area (TPSA) is 81.1 Å². The smallest absolute Gasteiger partial charge is 0.261 e. The Kier molecular flexibility index (Phi) is 5.15. The van der Waals surface area contributed by atoms with E-state index in [9.17, 15) is 13.2 Å². The first kappa shape index (κ1) is 18.2. The zero-order valence-electron chi connectivity index (χ0n) is 14.2. The highest BCUT2D eigenvalue weighted by Gasteiger charge is 2.17. The van der Waals surface area contributed by atoms with E-state index in [-0.39, 0.29) is 10.7 Å². The lowest BCUT2D eigenvalue weighted by atomic mass is 10.2. The normalized spacial score (nSPS) is 11.3. The number of Topliss-reactive ketones (excluding diaryl/α,β-unsaturated/α-hetero) is 1. The van der Waals surface area contributed by atoms with Crippen LogP contribution in [-0.2, 0) is 17.1 Å². The van der Waals surface area contributed by atoms with E-state index in [0.717, 1.165) is 10.1 Å². The number of nitrogens with zero attached hydrogens (tertiary/aromatic N) is 2. The summed E-state index contributed by atoms with van der Waals surface area (Å²) >= 11 is 1.37. The summed E-state index contributed by atoms with van der Waals surface area (Å²) < 4.78 is 29.8. The maximum atomic E-state index is 12.7. The lowest BCUT2D eigenvalue weighted by Gasteiger charge is -2.12. The summed E-state index contributed by atoms with van der Waals surface area (Å²) in [7, 11) is -1.90. The molecule has 3 rings (SSSR count). The number of para-hydroxylation sites is 1. The average molecular weight is 387 g/mol. The van der Waals surface area contributed by atoms with Crippen LogP contribution in [0.3, 0.4) is 0 Å². The van der Waals surface area contributed by atoms with E-state index in [0.29, 0.717) is 11.3 Å². The van der Waals surface area contributed by atoms with Crippen molar-refractivity contribution < 1.29 is 13.2 Å². The summed E-state index contributed by atoms with van der Waals surface area (Å²) in [5.41, 5.74) is 0.936. The van der Waals surface area contributed by atoms with Crippen LogP contribution in [0.1, 0.15) is 17.3 Å². The summed E-state index contributed by atoms with van der Waals surface area (Å²) in [6.45, 7) is 1.44. The fourth-order valence-corrected chi connectivity index (χ4v) is 4.30. The molecule has 0 radical (unpaired) electrons. The lowest BCUT2D eigenvalue weighted by Crippen LogP contribution is -2.13. The molecule has 0 unspecified atom stereocenters. The molecule has 0 aliphatic carbocycles. The molecule has 8 heteroatoms. The number of aromatic nitrogens is 2. The fourth-order valence-electron chi connectivity index (χ4n) is 2.26. The lowest BCUT2D eigenvalue weighted by molar-refractivity contribution is 0.101. The van der Waals surface area contributed by atoms with Crippen LogP contribution in [0.15, 0.2) is 75.9 Å². The first-order valence-corrected chi connectivity index (χ1v) is 10.0. The second-order valence-electron chi connectivity index (χ2n) is 5.61. The third-order valence-corrected chi connectivity index (χ3v) is 6.21. The quantitative estimate of drug-likeness (QED) is 0.654. The molecular formula is C18H17N3O3S2. The second-order valence-corrected chi connectivity index (χ2v) is 8.30. The van der Waals surface area contributed by atoms with Gasteiger partial charge in [-0.05, 0) is 43.0 Å². The van der Waals surface area contributed by atoms with Gasteiger partial charge in [0.05, 0.1) is 10.6 Å². The minimum atomic E-state index is -3.77. The van der Waals surface area contributed by atoms with Gasteiger partial charge in [0.1, 0.15) is 0 Å². The summed E-state index contributed by atoms with van der Waals surface area (Å²) in [5.74, 6) is -0.112. The van der Waals surface area contributed by atoms with Gasteiger partial charge in [-0.3, -0.25) is 9.52 Å². The number of ketones is 1. The zero-order chi connectivity index (χ0) is 18.7. The van der Waals surface area contributed by atoms with E-state index < -0.39 is 10.0 Å². The van der Waals surface area contributed by atoms with Gasteiger partial charge in [0.2, 0.25) is 0 Å². The Hall–Kier alpha value is -2.58. The van der Waals surface area contributed by atoms with Crippen LogP contribution in [0.4, 0.5) is 5.69 Å². The number of hydrogen-bond donors (Lipinski definition) is 1. The molecule has 26 heavy (non-hydrogen) atoms. The maximum absolute atomic E-state index is 12.7. The monoisotopic (exact) mass is 387 g/mol. The Morgan fingerprint density at radius 1 is 1.12 bits per heavy atom. The second kappa shape index (κ2) is 7.35. The molecule has 0 aliphatic rings. The molecule has 0 amide bonds. The fraction of sp³-hybridized carbons (Fsp3) is 0.111. The molecule has 1 heterocycles. The van der Waals surface area contributed by atoms with Gasteiger partial charge in [-0.15, -0.1) is 0 Å². The molecule has 1 aromatic heterocycles. The van der Waals surface area contributed by atoms with Crippen molar-refractivity contribution in [2.45, 2.75) is 21.9 Å².